The number of phenolic OH excluding ortho intramolecular Hbond substituents is 1. The molecule has 0 saturated carbocycles. The van der Waals surface area contributed by atoms with Gasteiger partial charge in [-0.1, -0.05) is 12.1 Å². The van der Waals surface area contributed by atoms with Crippen LogP contribution in [0.4, 0.5) is 5.69 Å². The molecule has 0 spiro atoms. The van der Waals surface area contributed by atoms with Crippen LogP contribution in [0.5, 0.6) is 5.75 Å². The van der Waals surface area contributed by atoms with Crippen molar-refractivity contribution in [2.45, 2.75) is 6.42 Å². The number of phenols is 1. The predicted octanol–water partition coefficient (Wildman–Crippen LogP) is 1.76. The summed E-state index contributed by atoms with van der Waals surface area (Å²) in [6, 6.07) is 7.30. The van der Waals surface area contributed by atoms with Gasteiger partial charge in [-0.2, -0.15) is 0 Å². The molecule has 0 radical (unpaired) electrons. The van der Waals surface area contributed by atoms with E-state index in [2.05, 4.69) is 24.3 Å². The molecule has 0 saturated heterocycles. The van der Waals surface area contributed by atoms with E-state index in [9.17, 15) is 5.11 Å². The first kappa shape index (κ1) is 10.9. The lowest BCUT2D eigenvalue weighted by molar-refractivity contribution is 0.405. The minimum absolute atomic E-state index is 0.317. The third-order valence-electron chi connectivity index (χ3n) is 2.00. The molecule has 0 unspecified atom stereocenters. The molecule has 3 nitrogen and oxygen atoms in total. The second-order valence-corrected chi connectivity index (χ2v) is 3.60. The summed E-state index contributed by atoms with van der Waals surface area (Å²) in [6.45, 7) is 1.94. The molecular formula is C11H18N2O. The summed E-state index contributed by atoms with van der Waals surface area (Å²) in [4.78, 5) is 2.15. The molecule has 2 N–H and O–H groups in total. The summed E-state index contributed by atoms with van der Waals surface area (Å²) in [7, 11) is 4.11. The molecule has 0 aliphatic rings. The Bertz CT molecular complexity index is 274. The summed E-state index contributed by atoms with van der Waals surface area (Å²) >= 11 is 0. The van der Waals surface area contributed by atoms with E-state index in [1.54, 1.807) is 6.07 Å². The fourth-order valence-corrected chi connectivity index (χ4v) is 1.24. The highest BCUT2D eigenvalue weighted by Gasteiger charge is 1.97. The van der Waals surface area contributed by atoms with Crippen molar-refractivity contribution in [2.24, 2.45) is 0 Å². The Morgan fingerprint density at radius 1 is 1.29 bits per heavy atom. The Hall–Kier alpha value is -1.22. The molecule has 0 aliphatic heterocycles. The zero-order valence-electron chi connectivity index (χ0n) is 8.83. The largest absolute Gasteiger partial charge is 0.506 e. The molecule has 0 fully saturated rings. The average molecular weight is 194 g/mol. The van der Waals surface area contributed by atoms with Gasteiger partial charge in [-0.3, -0.25) is 0 Å². The first-order chi connectivity index (χ1) is 6.70. The quantitative estimate of drug-likeness (QED) is 0.554. The highest BCUT2D eigenvalue weighted by atomic mass is 16.3. The van der Waals surface area contributed by atoms with Crippen LogP contribution in [-0.4, -0.2) is 37.2 Å². The highest BCUT2D eigenvalue weighted by Crippen LogP contribution is 2.20. The van der Waals surface area contributed by atoms with Crippen LogP contribution >= 0.6 is 0 Å². The number of hydrogen-bond acceptors (Lipinski definition) is 3. The van der Waals surface area contributed by atoms with Gasteiger partial charge < -0.3 is 15.3 Å². The zero-order valence-corrected chi connectivity index (χ0v) is 8.83. The molecule has 0 bridgehead atoms. The van der Waals surface area contributed by atoms with Crippen molar-refractivity contribution in [2.75, 3.05) is 32.5 Å². The van der Waals surface area contributed by atoms with E-state index in [1.807, 2.05) is 18.2 Å². The number of anilines is 1. The van der Waals surface area contributed by atoms with Crippen molar-refractivity contribution in [1.82, 2.24) is 4.90 Å². The van der Waals surface area contributed by atoms with Crippen molar-refractivity contribution in [1.29, 1.82) is 0 Å². The van der Waals surface area contributed by atoms with Crippen molar-refractivity contribution in [3.63, 3.8) is 0 Å². The van der Waals surface area contributed by atoms with Gasteiger partial charge in [0.15, 0.2) is 0 Å². The van der Waals surface area contributed by atoms with Crippen LogP contribution in [0.15, 0.2) is 24.3 Å². The second-order valence-electron chi connectivity index (χ2n) is 3.60. The third-order valence-corrected chi connectivity index (χ3v) is 2.00. The van der Waals surface area contributed by atoms with Gasteiger partial charge in [-0.15, -0.1) is 0 Å². The van der Waals surface area contributed by atoms with Crippen LogP contribution in [0.2, 0.25) is 0 Å². The van der Waals surface area contributed by atoms with E-state index in [0.29, 0.717) is 5.75 Å². The fraction of sp³-hybridized carbons (Fsp3) is 0.455. The summed E-state index contributed by atoms with van der Waals surface area (Å²) in [5, 5.41) is 12.6. The Labute approximate surface area is 85.4 Å². The number of benzene rings is 1. The molecule has 1 aromatic carbocycles. The summed E-state index contributed by atoms with van der Waals surface area (Å²) < 4.78 is 0. The molecule has 1 rings (SSSR count). The fourth-order valence-electron chi connectivity index (χ4n) is 1.24. The molecule has 0 atom stereocenters. The van der Waals surface area contributed by atoms with Gasteiger partial charge in [-0.25, -0.2) is 0 Å². The molecule has 78 valence electrons. The number of para-hydroxylation sites is 2. The smallest absolute Gasteiger partial charge is 0.138 e. The van der Waals surface area contributed by atoms with Gasteiger partial charge in [0.2, 0.25) is 0 Å². The second kappa shape index (κ2) is 5.50. The van der Waals surface area contributed by atoms with Crippen LogP contribution < -0.4 is 5.32 Å². The van der Waals surface area contributed by atoms with E-state index >= 15 is 0 Å². The Morgan fingerprint density at radius 3 is 2.64 bits per heavy atom. The molecule has 1 aromatic rings. The van der Waals surface area contributed by atoms with Crippen molar-refractivity contribution < 1.29 is 5.11 Å². The number of nitrogens with one attached hydrogen (secondary N) is 1. The molecule has 0 aromatic heterocycles. The molecular weight excluding hydrogens is 176 g/mol. The molecule has 14 heavy (non-hydrogen) atoms. The number of hydrogen-bond donors (Lipinski definition) is 2. The number of rotatable bonds is 5. The van der Waals surface area contributed by atoms with E-state index in [-0.39, 0.29) is 0 Å². The first-order valence-electron chi connectivity index (χ1n) is 4.87. The predicted molar refractivity (Wildman–Crippen MR) is 59.8 cm³/mol. The van der Waals surface area contributed by atoms with Crippen LogP contribution in [-0.2, 0) is 0 Å². The van der Waals surface area contributed by atoms with E-state index in [4.69, 9.17) is 0 Å². The van der Waals surface area contributed by atoms with E-state index in [0.717, 1.165) is 25.2 Å². The van der Waals surface area contributed by atoms with Gasteiger partial charge in [0.05, 0.1) is 5.69 Å². The first-order valence-corrected chi connectivity index (χ1v) is 4.87. The SMILES string of the molecule is CN(C)CCCNc1ccccc1O. The van der Waals surface area contributed by atoms with Gasteiger partial charge >= 0.3 is 0 Å². The topological polar surface area (TPSA) is 35.5 Å². The van der Waals surface area contributed by atoms with E-state index < -0.39 is 0 Å². The van der Waals surface area contributed by atoms with Crippen LogP contribution in [0.3, 0.4) is 0 Å². The third kappa shape index (κ3) is 3.66. The van der Waals surface area contributed by atoms with Crippen LogP contribution in [0.1, 0.15) is 6.42 Å². The Balaban J connectivity index is 2.28. The molecule has 0 aliphatic carbocycles. The molecule has 0 amide bonds. The monoisotopic (exact) mass is 194 g/mol. The Kier molecular flexibility index (Phi) is 4.26. The maximum absolute atomic E-state index is 9.45. The highest BCUT2D eigenvalue weighted by molar-refractivity contribution is 5.54. The summed E-state index contributed by atoms with van der Waals surface area (Å²) in [5.41, 5.74) is 0.811. The molecule has 0 heterocycles. The molecule has 3 heteroatoms. The van der Waals surface area contributed by atoms with Crippen molar-refractivity contribution in [3.05, 3.63) is 24.3 Å². The lowest BCUT2D eigenvalue weighted by atomic mass is 10.3. The zero-order chi connectivity index (χ0) is 10.4. The van der Waals surface area contributed by atoms with Gasteiger partial charge in [0.1, 0.15) is 5.75 Å². The average Bonchev–Trinajstić information content (AvgIpc) is 2.15. The van der Waals surface area contributed by atoms with Crippen LogP contribution in [0.25, 0.3) is 0 Å². The van der Waals surface area contributed by atoms with Crippen molar-refractivity contribution >= 4 is 5.69 Å². The lowest BCUT2D eigenvalue weighted by Crippen LogP contribution is -2.16. The van der Waals surface area contributed by atoms with Crippen LogP contribution in [0, 0.1) is 0 Å². The van der Waals surface area contributed by atoms with Gasteiger partial charge in [-0.05, 0) is 39.2 Å². The number of nitrogens with zero attached hydrogens (tertiary/aromatic N) is 1. The minimum atomic E-state index is 0.317. The number of aromatic hydroxyl groups is 1. The summed E-state index contributed by atoms with van der Waals surface area (Å²) in [6.07, 6.45) is 1.07. The normalized spacial score (nSPS) is 10.5. The maximum Gasteiger partial charge on any atom is 0.138 e. The van der Waals surface area contributed by atoms with Crippen molar-refractivity contribution in [3.8, 4) is 5.75 Å². The Morgan fingerprint density at radius 2 is 2.00 bits per heavy atom. The standard InChI is InChI=1S/C11H18N2O/c1-13(2)9-5-8-12-10-6-3-4-7-11(10)14/h3-4,6-7,12,14H,5,8-9H2,1-2H3. The van der Waals surface area contributed by atoms with Gasteiger partial charge in [0.25, 0.3) is 0 Å². The van der Waals surface area contributed by atoms with E-state index in [1.165, 1.54) is 0 Å². The lowest BCUT2D eigenvalue weighted by Gasteiger charge is -2.11. The van der Waals surface area contributed by atoms with Gasteiger partial charge in [0, 0.05) is 6.54 Å². The minimum Gasteiger partial charge on any atom is -0.506 e. The maximum atomic E-state index is 9.45. The summed E-state index contributed by atoms with van der Waals surface area (Å²) in [5.74, 6) is 0.317.